The Morgan fingerprint density at radius 3 is 2.54 bits per heavy atom. The molecule has 0 radical (unpaired) electrons. The molecule has 26 heavy (non-hydrogen) atoms. The largest absolute Gasteiger partial charge is 0.292 e. The Balaban J connectivity index is 1.84. The van der Waals surface area contributed by atoms with Crippen LogP contribution in [0.4, 0.5) is 4.39 Å². The molecule has 2 heterocycles. The summed E-state index contributed by atoms with van der Waals surface area (Å²) in [4.78, 5) is 21.9. The molecule has 0 aliphatic rings. The summed E-state index contributed by atoms with van der Waals surface area (Å²) in [6.45, 7) is 5.66. The fourth-order valence-electron chi connectivity index (χ4n) is 2.57. The molecule has 0 saturated carbocycles. The van der Waals surface area contributed by atoms with E-state index in [1.165, 1.54) is 28.2 Å². The Morgan fingerprint density at radius 1 is 1.19 bits per heavy atom. The summed E-state index contributed by atoms with van der Waals surface area (Å²) in [6, 6.07) is 8.12. The number of rotatable bonds is 7. The molecule has 6 heteroatoms. The van der Waals surface area contributed by atoms with Gasteiger partial charge in [-0.1, -0.05) is 43.7 Å². The number of aromatic nitrogens is 2. The molecule has 2 aromatic heterocycles. The third-order valence-electron chi connectivity index (χ3n) is 4.13. The molecule has 0 amide bonds. The minimum atomic E-state index is -1.19. The van der Waals surface area contributed by atoms with Gasteiger partial charge in [-0.05, 0) is 24.8 Å². The third-order valence-corrected chi connectivity index (χ3v) is 6.16. The van der Waals surface area contributed by atoms with Gasteiger partial charge in [0.2, 0.25) is 0 Å². The van der Waals surface area contributed by atoms with E-state index in [-0.39, 0.29) is 17.4 Å². The van der Waals surface area contributed by atoms with Crippen molar-refractivity contribution in [3.63, 3.8) is 0 Å². The van der Waals surface area contributed by atoms with Crippen LogP contribution in [0.5, 0.6) is 0 Å². The van der Waals surface area contributed by atoms with E-state index in [0.29, 0.717) is 22.7 Å². The Kier molecular flexibility index (Phi) is 5.94. The summed E-state index contributed by atoms with van der Waals surface area (Å²) >= 11 is 2.69. The summed E-state index contributed by atoms with van der Waals surface area (Å²) in [7, 11) is 0. The highest BCUT2D eigenvalue weighted by Crippen LogP contribution is 2.38. The highest BCUT2D eigenvalue weighted by atomic mass is 32.1. The lowest BCUT2D eigenvalue weighted by Crippen LogP contribution is -2.08. The standard InChI is InChI=1S/C20H21FN2OS2/c1-12(2)16(21)18-17(23-20(26-18)19-22-10-11-25-19)15(24)9-8-14-6-4-13(3)5-7-14/h4-7,10-12,16H,8-9H2,1-3H3. The van der Waals surface area contributed by atoms with Crippen LogP contribution in [0.25, 0.3) is 10.0 Å². The summed E-state index contributed by atoms with van der Waals surface area (Å²) in [5.74, 6) is -0.314. The summed E-state index contributed by atoms with van der Waals surface area (Å²) in [5, 5.41) is 3.20. The van der Waals surface area contributed by atoms with E-state index in [0.717, 1.165) is 10.6 Å². The van der Waals surface area contributed by atoms with Gasteiger partial charge in [0.1, 0.15) is 11.9 Å². The molecule has 0 aliphatic heterocycles. The molecule has 1 atom stereocenters. The SMILES string of the molecule is Cc1ccc(CCC(=O)c2nc(-c3nccs3)sc2C(F)C(C)C)cc1. The Labute approximate surface area is 161 Å². The molecular formula is C20H21FN2OS2. The van der Waals surface area contributed by atoms with E-state index < -0.39 is 6.17 Å². The van der Waals surface area contributed by atoms with Crippen LogP contribution in [0.1, 0.15) is 52.9 Å². The van der Waals surface area contributed by atoms with E-state index in [4.69, 9.17) is 0 Å². The van der Waals surface area contributed by atoms with Crippen molar-refractivity contribution in [2.24, 2.45) is 5.92 Å². The number of hydrogen-bond donors (Lipinski definition) is 0. The number of ketones is 1. The maximum absolute atomic E-state index is 14.7. The first kappa shape index (κ1) is 18.9. The normalized spacial score (nSPS) is 12.5. The van der Waals surface area contributed by atoms with Crippen molar-refractivity contribution in [2.45, 2.75) is 39.8 Å². The summed E-state index contributed by atoms with van der Waals surface area (Å²) in [5.41, 5.74) is 2.56. The zero-order chi connectivity index (χ0) is 18.7. The van der Waals surface area contributed by atoms with Crippen LogP contribution in [0.3, 0.4) is 0 Å². The van der Waals surface area contributed by atoms with Gasteiger partial charge in [0.25, 0.3) is 0 Å². The van der Waals surface area contributed by atoms with Crippen LogP contribution in [-0.2, 0) is 6.42 Å². The van der Waals surface area contributed by atoms with E-state index in [1.54, 1.807) is 6.20 Å². The zero-order valence-corrected chi connectivity index (χ0v) is 16.7. The lowest BCUT2D eigenvalue weighted by Gasteiger charge is -2.11. The Bertz CT molecular complexity index is 870. The van der Waals surface area contributed by atoms with Crippen molar-refractivity contribution in [3.05, 3.63) is 57.5 Å². The maximum atomic E-state index is 14.7. The van der Waals surface area contributed by atoms with Gasteiger partial charge in [-0.15, -0.1) is 22.7 Å². The fourth-order valence-corrected chi connectivity index (χ4v) is 4.49. The van der Waals surface area contributed by atoms with Crippen LogP contribution >= 0.6 is 22.7 Å². The minimum absolute atomic E-state index is 0.108. The van der Waals surface area contributed by atoms with Crippen LogP contribution < -0.4 is 0 Å². The number of thiazole rings is 2. The van der Waals surface area contributed by atoms with Crippen LogP contribution in [0.2, 0.25) is 0 Å². The number of Topliss-reactive ketones (excluding diaryl/α,β-unsaturated/α-hetero) is 1. The number of carbonyl (C=O) groups excluding carboxylic acids is 1. The van der Waals surface area contributed by atoms with E-state index in [9.17, 15) is 9.18 Å². The third kappa shape index (κ3) is 4.24. The number of carbonyl (C=O) groups is 1. The maximum Gasteiger partial charge on any atom is 0.182 e. The molecule has 0 aliphatic carbocycles. The van der Waals surface area contributed by atoms with Crippen molar-refractivity contribution >= 4 is 28.5 Å². The Hall–Kier alpha value is -1.92. The molecule has 0 bridgehead atoms. The second kappa shape index (κ2) is 8.18. The van der Waals surface area contributed by atoms with Crippen molar-refractivity contribution in [1.82, 2.24) is 9.97 Å². The monoisotopic (exact) mass is 388 g/mol. The second-order valence-electron chi connectivity index (χ2n) is 6.62. The van der Waals surface area contributed by atoms with Gasteiger partial charge in [0.15, 0.2) is 15.8 Å². The average Bonchev–Trinajstić information content (AvgIpc) is 3.29. The number of nitrogens with zero attached hydrogens (tertiary/aromatic N) is 2. The quantitative estimate of drug-likeness (QED) is 0.462. The van der Waals surface area contributed by atoms with Gasteiger partial charge in [0.05, 0.1) is 4.88 Å². The molecule has 3 aromatic rings. The minimum Gasteiger partial charge on any atom is -0.292 e. The highest BCUT2D eigenvalue weighted by molar-refractivity contribution is 7.20. The fraction of sp³-hybridized carbons (Fsp3) is 0.350. The van der Waals surface area contributed by atoms with Gasteiger partial charge >= 0.3 is 0 Å². The van der Waals surface area contributed by atoms with E-state index in [1.807, 2.05) is 50.4 Å². The smallest absolute Gasteiger partial charge is 0.182 e. The molecule has 0 fully saturated rings. The lowest BCUT2D eigenvalue weighted by molar-refractivity contribution is 0.0975. The summed E-state index contributed by atoms with van der Waals surface area (Å²) in [6.07, 6.45) is 1.44. The van der Waals surface area contributed by atoms with Gasteiger partial charge in [-0.3, -0.25) is 4.79 Å². The number of hydrogen-bond acceptors (Lipinski definition) is 5. The average molecular weight is 389 g/mol. The molecule has 0 saturated heterocycles. The van der Waals surface area contributed by atoms with Crippen molar-refractivity contribution in [1.29, 1.82) is 0 Å². The lowest BCUT2D eigenvalue weighted by atomic mass is 10.0. The molecule has 136 valence electrons. The van der Waals surface area contributed by atoms with Gasteiger partial charge in [0, 0.05) is 18.0 Å². The zero-order valence-electron chi connectivity index (χ0n) is 15.0. The number of alkyl halides is 1. The van der Waals surface area contributed by atoms with Gasteiger partial charge in [-0.2, -0.15) is 0 Å². The van der Waals surface area contributed by atoms with Crippen molar-refractivity contribution < 1.29 is 9.18 Å². The van der Waals surface area contributed by atoms with Crippen molar-refractivity contribution in [3.8, 4) is 10.0 Å². The van der Waals surface area contributed by atoms with Gasteiger partial charge in [-0.25, -0.2) is 14.4 Å². The number of aryl methyl sites for hydroxylation is 2. The first-order chi connectivity index (χ1) is 12.5. The first-order valence-corrected chi connectivity index (χ1v) is 10.3. The topological polar surface area (TPSA) is 42.9 Å². The van der Waals surface area contributed by atoms with Crippen LogP contribution in [0.15, 0.2) is 35.8 Å². The molecule has 1 unspecified atom stereocenters. The molecule has 3 nitrogen and oxygen atoms in total. The highest BCUT2D eigenvalue weighted by Gasteiger charge is 2.27. The van der Waals surface area contributed by atoms with Crippen LogP contribution in [-0.4, -0.2) is 15.8 Å². The second-order valence-corrected chi connectivity index (χ2v) is 8.55. The summed E-state index contributed by atoms with van der Waals surface area (Å²) < 4.78 is 14.7. The number of benzene rings is 1. The molecule has 0 spiro atoms. The molecule has 1 aromatic carbocycles. The predicted molar refractivity (Wildman–Crippen MR) is 106 cm³/mol. The molecular weight excluding hydrogens is 367 g/mol. The molecule has 0 N–H and O–H groups in total. The van der Waals surface area contributed by atoms with Crippen LogP contribution in [0, 0.1) is 12.8 Å². The molecule has 3 rings (SSSR count). The van der Waals surface area contributed by atoms with E-state index >= 15 is 0 Å². The first-order valence-electron chi connectivity index (χ1n) is 8.59. The predicted octanol–water partition coefficient (Wildman–Crippen LogP) is 6.06. The Morgan fingerprint density at radius 2 is 1.92 bits per heavy atom. The number of halogens is 1. The van der Waals surface area contributed by atoms with E-state index in [2.05, 4.69) is 9.97 Å². The van der Waals surface area contributed by atoms with Crippen molar-refractivity contribution in [2.75, 3.05) is 0 Å². The van der Waals surface area contributed by atoms with Gasteiger partial charge < -0.3 is 0 Å².